The molecule has 1 heterocycles. The first-order valence-electron chi connectivity index (χ1n) is 5.55. The van der Waals surface area contributed by atoms with Crippen molar-refractivity contribution in [3.8, 4) is 0 Å². The number of anilines is 1. The second-order valence-electron chi connectivity index (χ2n) is 4.51. The smallest absolute Gasteiger partial charge is 0.0700 e. The van der Waals surface area contributed by atoms with Crippen molar-refractivity contribution in [1.82, 2.24) is 0 Å². The molecular weight excluding hydrogens is 250 g/mol. The minimum absolute atomic E-state index is 0.0870. The van der Waals surface area contributed by atoms with Gasteiger partial charge in [-0.15, -0.1) is 0 Å². The zero-order valence-electron chi connectivity index (χ0n) is 9.84. The summed E-state index contributed by atoms with van der Waals surface area (Å²) in [6, 6.07) is 7.09. The van der Waals surface area contributed by atoms with Crippen LogP contribution in [0, 0.1) is 6.92 Å². The topological polar surface area (TPSA) is 3.24 Å². The van der Waals surface area contributed by atoms with E-state index in [1.807, 2.05) is 0 Å². The molecule has 1 aromatic carbocycles. The highest BCUT2D eigenvalue weighted by Gasteiger charge is 2.43. The Kier molecular flexibility index (Phi) is 2.58. The van der Waals surface area contributed by atoms with Crippen LogP contribution in [0.3, 0.4) is 0 Å². The van der Waals surface area contributed by atoms with E-state index in [1.54, 1.807) is 0 Å². The van der Waals surface area contributed by atoms with Crippen molar-refractivity contribution in [3.05, 3.63) is 29.3 Å². The first-order chi connectivity index (χ1) is 7.00. The van der Waals surface area contributed by atoms with E-state index < -0.39 is 0 Å². The van der Waals surface area contributed by atoms with Gasteiger partial charge in [0.15, 0.2) is 0 Å². The monoisotopic (exact) mass is 267 g/mol. The largest absolute Gasteiger partial charge is 0.367 e. The van der Waals surface area contributed by atoms with E-state index in [1.165, 1.54) is 16.8 Å². The Morgan fingerprint density at radius 3 is 2.73 bits per heavy atom. The maximum absolute atomic E-state index is 3.90. The van der Waals surface area contributed by atoms with Gasteiger partial charge < -0.3 is 4.90 Å². The minimum Gasteiger partial charge on any atom is -0.367 e. The molecule has 1 aromatic rings. The van der Waals surface area contributed by atoms with Gasteiger partial charge in [0.05, 0.1) is 4.32 Å². The molecule has 1 aliphatic rings. The van der Waals surface area contributed by atoms with E-state index in [-0.39, 0.29) is 4.32 Å². The Morgan fingerprint density at radius 2 is 2.13 bits per heavy atom. The highest BCUT2D eigenvalue weighted by molar-refractivity contribution is 9.09. The molecular formula is C13H18BrN. The van der Waals surface area contributed by atoms with Crippen LogP contribution in [0.4, 0.5) is 5.69 Å². The average molecular weight is 268 g/mol. The van der Waals surface area contributed by atoms with Crippen LogP contribution in [0.5, 0.6) is 0 Å². The second-order valence-corrected chi connectivity index (χ2v) is 6.15. The SMILES string of the molecule is CCN1c2cccc(C)c2C(C)(Br)C1C. The maximum Gasteiger partial charge on any atom is 0.0700 e. The molecule has 15 heavy (non-hydrogen) atoms. The predicted molar refractivity (Wildman–Crippen MR) is 69.9 cm³/mol. The number of likely N-dealkylation sites (N-methyl/N-ethyl adjacent to an activating group) is 1. The number of nitrogens with zero attached hydrogens (tertiary/aromatic N) is 1. The molecule has 2 heteroatoms. The fourth-order valence-electron chi connectivity index (χ4n) is 2.68. The molecule has 0 saturated carbocycles. The highest BCUT2D eigenvalue weighted by Crippen LogP contribution is 2.50. The van der Waals surface area contributed by atoms with Crippen molar-refractivity contribution in [1.29, 1.82) is 0 Å². The van der Waals surface area contributed by atoms with Gasteiger partial charge in [0, 0.05) is 18.3 Å². The Morgan fingerprint density at radius 1 is 1.47 bits per heavy atom. The number of hydrogen-bond donors (Lipinski definition) is 0. The van der Waals surface area contributed by atoms with Crippen LogP contribution >= 0.6 is 15.9 Å². The third-order valence-electron chi connectivity index (χ3n) is 3.64. The molecule has 0 fully saturated rings. The summed E-state index contributed by atoms with van der Waals surface area (Å²) in [5.41, 5.74) is 4.23. The van der Waals surface area contributed by atoms with Crippen molar-refractivity contribution in [3.63, 3.8) is 0 Å². The molecule has 1 nitrogen and oxygen atoms in total. The Hall–Kier alpha value is -0.500. The molecule has 0 saturated heterocycles. The standard InChI is InChI=1S/C13H18BrN/c1-5-15-10(3)13(4,14)12-9(2)7-6-8-11(12)15/h6-8,10H,5H2,1-4H3. The van der Waals surface area contributed by atoms with E-state index in [2.05, 4.69) is 66.7 Å². The molecule has 0 spiro atoms. The zero-order valence-corrected chi connectivity index (χ0v) is 11.4. The van der Waals surface area contributed by atoms with Gasteiger partial charge in [-0.05, 0) is 44.9 Å². The van der Waals surface area contributed by atoms with Gasteiger partial charge >= 0.3 is 0 Å². The molecule has 2 atom stereocenters. The van der Waals surface area contributed by atoms with Crippen molar-refractivity contribution >= 4 is 21.6 Å². The lowest BCUT2D eigenvalue weighted by atomic mass is 9.94. The molecule has 1 aliphatic heterocycles. The molecule has 2 unspecified atom stereocenters. The van der Waals surface area contributed by atoms with Gasteiger partial charge in [0.25, 0.3) is 0 Å². The van der Waals surface area contributed by atoms with Crippen LogP contribution in [0.1, 0.15) is 31.9 Å². The van der Waals surface area contributed by atoms with E-state index in [9.17, 15) is 0 Å². The fourth-order valence-corrected chi connectivity index (χ4v) is 3.44. The molecule has 0 aliphatic carbocycles. The van der Waals surface area contributed by atoms with Crippen LogP contribution in [-0.4, -0.2) is 12.6 Å². The van der Waals surface area contributed by atoms with Gasteiger partial charge in [0.1, 0.15) is 0 Å². The maximum atomic E-state index is 3.90. The summed E-state index contributed by atoms with van der Waals surface area (Å²) >= 11 is 3.90. The lowest BCUT2D eigenvalue weighted by Crippen LogP contribution is -2.37. The molecule has 2 rings (SSSR count). The first-order valence-corrected chi connectivity index (χ1v) is 6.35. The quantitative estimate of drug-likeness (QED) is 0.699. The van der Waals surface area contributed by atoms with Crippen molar-refractivity contribution in [2.45, 2.75) is 38.1 Å². The summed E-state index contributed by atoms with van der Waals surface area (Å²) < 4.78 is 0.0870. The van der Waals surface area contributed by atoms with Crippen molar-refractivity contribution in [2.75, 3.05) is 11.4 Å². The van der Waals surface area contributed by atoms with E-state index in [0.717, 1.165) is 6.54 Å². The van der Waals surface area contributed by atoms with Crippen LogP contribution in [0.15, 0.2) is 18.2 Å². The van der Waals surface area contributed by atoms with Crippen LogP contribution in [-0.2, 0) is 4.32 Å². The number of halogens is 1. The van der Waals surface area contributed by atoms with Crippen molar-refractivity contribution in [2.24, 2.45) is 0 Å². The van der Waals surface area contributed by atoms with Gasteiger partial charge in [0.2, 0.25) is 0 Å². The van der Waals surface area contributed by atoms with Crippen molar-refractivity contribution < 1.29 is 0 Å². The van der Waals surface area contributed by atoms with Gasteiger partial charge in [-0.25, -0.2) is 0 Å². The molecule has 0 bridgehead atoms. The van der Waals surface area contributed by atoms with E-state index in [0.29, 0.717) is 6.04 Å². The number of fused-ring (bicyclic) bond motifs is 1. The summed E-state index contributed by atoms with van der Waals surface area (Å²) in [6.07, 6.45) is 0. The Bertz CT molecular complexity index is 384. The second kappa shape index (κ2) is 3.51. The van der Waals surface area contributed by atoms with E-state index >= 15 is 0 Å². The first kappa shape index (κ1) is 11.0. The number of hydrogen-bond acceptors (Lipinski definition) is 1. The highest BCUT2D eigenvalue weighted by atomic mass is 79.9. The minimum atomic E-state index is 0.0870. The third-order valence-corrected chi connectivity index (χ3v) is 4.70. The molecule has 0 amide bonds. The Labute approximate surface area is 101 Å². The average Bonchev–Trinajstić information content (AvgIpc) is 2.36. The molecule has 82 valence electrons. The van der Waals surface area contributed by atoms with Gasteiger partial charge in [-0.2, -0.15) is 0 Å². The summed E-state index contributed by atoms with van der Waals surface area (Å²) in [4.78, 5) is 2.47. The molecule has 0 radical (unpaired) electrons. The van der Waals surface area contributed by atoms with Gasteiger partial charge in [-0.1, -0.05) is 28.1 Å². The summed E-state index contributed by atoms with van der Waals surface area (Å²) in [5.74, 6) is 0. The fraction of sp³-hybridized carbons (Fsp3) is 0.538. The predicted octanol–water partition coefficient (Wildman–Crippen LogP) is 3.83. The van der Waals surface area contributed by atoms with Crippen LogP contribution < -0.4 is 4.90 Å². The molecule has 0 N–H and O–H groups in total. The Balaban J connectivity index is 2.65. The molecule has 0 aromatic heterocycles. The lowest BCUT2D eigenvalue weighted by Gasteiger charge is -2.29. The number of benzene rings is 1. The summed E-state index contributed by atoms with van der Waals surface area (Å²) in [7, 11) is 0. The number of aryl methyl sites for hydroxylation is 1. The number of alkyl halides is 1. The number of rotatable bonds is 1. The third kappa shape index (κ3) is 1.42. The van der Waals surface area contributed by atoms with Crippen LogP contribution in [0.2, 0.25) is 0 Å². The summed E-state index contributed by atoms with van der Waals surface area (Å²) in [5, 5.41) is 0. The zero-order chi connectivity index (χ0) is 11.2. The van der Waals surface area contributed by atoms with E-state index in [4.69, 9.17) is 0 Å². The van der Waals surface area contributed by atoms with Crippen LogP contribution in [0.25, 0.3) is 0 Å². The summed E-state index contributed by atoms with van der Waals surface area (Å²) in [6.45, 7) is 10.1. The van der Waals surface area contributed by atoms with Gasteiger partial charge in [-0.3, -0.25) is 0 Å². The normalized spacial score (nSPS) is 29.4. The lowest BCUT2D eigenvalue weighted by molar-refractivity contribution is 0.568.